The van der Waals surface area contributed by atoms with Crippen LogP contribution < -0.4 is 4.90 Å². The van der Waals surface area contributed by atoms with Gasteiger partial charge < -0.3 is 4.90 Å². The van der Waals surface area contributed by atoms with Gasteiger partial charge in [0.15, 0.2) is 0 Å². The van der Waals surface area contributed by atoms with E-state index in [2.05, 4.69) is 60.7 Å². The zero-order valence-electron chi connectivity index (χ0n) is 10.3. The van der Waals surface area contributed by atoms with Crippen LogP contribution in [-0.2, 0) is 0 Å². The van der Waals surface area contributed by atoms with Crippen LogP contribution in [0.1, 0.15) is 28.3 Å². The van der Waals surface area contributed by atoms with Gasteiger partial charge in [-0.15, -0.1) is 0 Å². The second kappa shape index (κ2) is 3.82. The Morgan fingerprint density at radius 2 is 1.22 bits per heavy atom. The topological polar surface area (TPSA) is 4.44 Å². The SMILES string of the molecule is C1=Cc2ccccc2C([NH+]2CC2)c2ccccc21. The third kappa shape index (κ3) is 1.52. The van der Waals surface area contributed by atoms with E-state index in [0.717, 1.165) is 0 Å². The molecule has 0 saturated carbocycles. The van der Waals surface area contributed by atoms with E-state index in [4.69, 9.17) is 0 Å². The lowest BCUT2D eigenvalue weighted by Crippen LogP contribution is -2.93. The summed E-state index contributed by atoms with van der Waals surface area (Å²) in [7, 11) is 0. The van der Waals surface area contributed by atoms with Gasteiger partial charge in [-0.1, -0.05) is 60.7 Å². The van der Waals surface area contributed by atoms with Gasteiger partial charge in [0, 0.05) is 11.1 Å². The molecular formula is C17H16N+. The Morgan fingerprint density at radius 1 is 0.722 bits per heavy atom. The van der Waals surface area contributed by atoms with E-state index in [0.29, 0.717) is 6.04 Å². The fourth-order valence-electron chi connectivity index (χ4n) is 3.00. The van der Waals surface area contributed by atoms with Crippen molar-refractivity contribution >= 4 is 12.2 Å². The minimum atomic E-state index is 0.521. The van der Waals surface area contributed by atoms with E-state index in [1.807, 2.05) is 0 Å². The Hall–Kier alpha value is -1.86. The summed E-state index contributed by atoms with van der Waals surface area (Å²) in [6.45, 7) is 2.60. The molecule has 0 unspecified atom stereocenters. The minimum Gasteiger partial charge on any atom is -0.316 e. The zero-order chi connectivity index (χ0) is 11.9. The highest BCUT2D eigenvalue weighted by Gasteiger charge is 2.37. The Morgan fingerprint density at radius 3 is 1.72 bits per heavy atom. The van der Waals surface area contributed by atoms with Crippen LogP contribution >= 0.6 is 0 Å². The molecule has 0 aromatic heterocycles. The van der Waals surface area contributed by atoms with Crippen molar-refractivity contribution in [3.05, 3.63) is 70.8 Å². The number of fused-ring (bicyclic) bond motifs is 2. The lowest BCUT2D eigenvalue weighted by atomic mass is 9.94. The van der Waals surface area contributed by atoms with Crippen LogP contribution in [-0.4, -0.2) is 13.1 Å². The maximum absolute atomic E-state index is 2.29. The second-order valence-electron chi connectivity index (χ2n) is 5.18. The van der Waals surface area contributed by atoms with E-state index >= 15 is 0 Å². The van der Waals surface area contributed by atoms with E-state index in [-0.39, 0.29) is 0 Å². The van der Waals surface area contributed by atoms with E-state index in [9.17, 15) is 0 Å². The molecule has 18 heavy (non-hydrogen) atoms. The van der Waals surface area contributed by atoms with Gasteiger partial charge >= 0.3 is 0 Å². The third-order valence-electron chi connectivity index (χ3n) is 4.00. The van der Waals surface area contributed by atoms with E-state index < -0.39 is 0 Å². The smallest absolute Gasteiger partial charge is 0.140 e. The molecule has 1 fully saturated rings. The first kappa shape index (κ1) is 10.1. The average Bonchev–Trinajstić information content (AvgIpc) is 3.23. The molecule has 1 aliphatic heterocycles. The van der Waals surface area contributed by atoms with Gasteiger partial charge in [0.2, 0.25) is 0 Å². The number of quaternary nitrogens is 1. The van der Waals surface area contributed by atoms with Gasteiger partial charge in [-0.05, 0) is 11.1 Å². The van der Waals surface area contributed by atoms with Crippen molar-refractivity contribution in [1.82, 2.24) is 0 Å². The normalized spacial score (nSPS) is 18.0. The van der Waals surface area contributed by atoms with Crippen molar-refractivity contribution in [2.24, 2.45) is 0 Å². The Balaban J connectivity index is 1.98. The summed E-state index contributed by atoms with van der Waals surface area (Å²) >= 11 is 0. The lowest BCUT2D eigenvalue weighted by molar-refractivity contribution is -0.789. The molecule has 0 bridgehead atoms. The molecule has 0 atom stereocenters. The minimum absolute atomic E-state index is 0.521. The van der Waals surface area contributed by atoms with Crippen molar-refractivity contribution in [3.8, 4) is 0 Å². The second-order valence-corrected chi connectivity index (χ2v) is 5.18. The van der Waals surface area contributed by atoms with E-state index in [1.54, 1.807) is 4.90 Å². The zero-order valence-corrected chi connectivity index (χ0v) is 10.3. The predicted molar refractivity (Wildman–Crippen MR) is 74.4 cm³/mol. The summed E-state index contributed by atoms with van der Waals surface area (Å²) in [5.41, 5.74) is 5.70. The maximum atomic E-state index is 2.29. The van der Waals surface area contributed by atoms with Crippen LogP contribution in [0.25, 0.3) is 12.2 Å². The first-order valence-corrected chi connectivity index (χ1v) is 6.64. The summed E-state index contributed by atoms with van der Waals surface area (Å²) in [6.07, 6.45) is 4.52. The molecule has 4 rings (SSSR count). The monoisotopic (exact) mass is 234 g/mol. The van der Waals surface area contributed by atoms with Crippen LogP contribution in [0.2, 0.25) is 0 Å². The van der Waals surface area contributed by atoms with Crippen LogP contribution in [0.15, 0.2) is 48.5 Å². The van der Waals surface area contributed by atoms with Crippen molar-refractivity contribution in [1.29, 1.82) is 0 Å². The molecule has 0 spiro atoms. The largest absolute Gasteiger partial charge is 0.316 e. The average molecular weight is 234 g/mol. The highest BCUT2D eigenvalue weighted by Crippen LogP contribution is 2.31. The number of hydrogen-bond acceptors (Lipinski definition) is 0. The Bertz CT molecular complexity index is 574. The molecule has 2 aliphatic rings. The van der Waals surface area contributed by atoms with Crippen LogP contribution in [0.4, 0.5) is 0 Å². The summed E-state index contributed by atoms with van der Waals surface area (Å²) in [4.78, 5) is 1.69. The fourth-order valence-corrected chi connectivity index (χ4v) is 3.00. The standard InChI is InChI=1S/C17H15N/c1-3-7-15-13(5-1)9-10-14-6-2-4-8-16(14)17(15)18-11-12-18/h1-10,17H,11-12H2/p+1. The number of hydrogen-bond donors (Lipinski definition) is 1. The molecule has 1 N–H and O–H groups in total. The number of nitrogens with one attached hydrogen (secondary N) is 1. The summed E-state index contributed by atoms with van der Waals surface area (Å²) in [5, 5.41) is 0. The first-order valence-electron chi connectivity index (χ1n) is 6.64. The summed E-state index contributed by atoms with van der Waals surface area (Å²) in [6, 6.07) is 18.2. The van der Waals surface area contributed by atoms with Crippen LogP contribution in [0, 0.1) is 0 Å². The molecule has 1 nitrogen and oxygen atoms in total. The number of rotatable bonds is 1. The molecule has 1 aliphatic carbocycles. The van der Waals surface area contributed by atoms with Gasteiger partial charge in [-0.2, -0.15) is 0 Å². The van der Waals surface area contributed by atoms with Gasteiger partial charge in [0.25, 0.3) is 0 Å². The molecule has 0 radical (unpaired) electrons. The molecule has 2 aromatic rings. The molecule has 1 saturated heterocycles. The highest BCUT2D eigenvalue weighted by atomic mass is 15.3. The Kier molecular flexibility index (Phi) is 2.14. The van der Waals surface area contributed by atoms with Crippen molar-refractivity contribution in [2.75, 3.05) is 13.1 Å². The van der Waals surface area contributed by atoms with Crippen LogP contribution in [0.5, 0.6) is 0 Å². The fraction of sp³-hybridized carbons (Fsp3) is 0.176. The third-order valence-corrected chi connectivity index (χ3v) is 4.00. The van der Waals surface area contributed by atoms with E-state index in [1.165, 1.54) is 35.3 Å². The molecule has 0 amide bonds. The van der Waals surface area contributed by atoms with Gasteiger partial charge in [0.1, 0.15) is 19.1 Å². The lowest BCUT2D eigenvalue weighted by Gasteiger charge is -2.18. The molecule has 88 valence electrons. The van der Waals surface area contributed by atoms with Crippen molar-refractivity contribution in [3.63, 3.8) is 0 Å². The summed E-state index contributed by atoms with van der Waals surface area (Å²) in [5.74, 6) is 0. The van der Waals surface area contributed by atoms with Crippen molar-refractivity contribution < 1.29 is 4.90 Å². The summed E-state index contributed by atoms with van der Waals surface area (Å²) < 4.78 is 0. The molecule has 1 heteroatoms. The van der Waals surface area contributed by atoms with Gasteiger partial charge in [0.05, 0.1) is 0 Å². The molecule has 1 heterocycles. The predicted octanol–water partition coefficient (Wildman–Crippen LogP) is 2.16. The quantitative estimate of drug-likeness (QED) is 0.721. The van der Waals surface area contributed by atoms with Crippen LogP contribution in [0.3, 0.4) is 0 Å². The highest BCUT2D eigenvalue weighted by molar-refractivity contribution is 5.76. The molecular weight excluding hydrogens is 218 g/mol. The van der Waals surface area contributed by atoms with Crippen molar-refractivity contribution in [2.45, 2.75) is 6.04 Å². The first-order chi connectivity index (χ1) is 8.93. The Labute approximate surface area is 107 Å². The maximum Gasteiger partial charge on any atom is 0.140 e. The van der Waals surface area contributed by atoms with Gasteiger partial charge in [-0.25, -0.2) is 0 Å². The van der Waals surface area contributed by atoms with Gasteiger partial charge in [-0.3, -0.25) is 0 Å². The molecule has 2 aromatic carbocycles. The number of benzene rings is 2.